The fourth-order valence-electron chi connectivity index (χ4n) is 1.59. The first-order chi connectivity index (χ1) is 5.88. The summed E-state index contributed by atoms with van der Waals surface area (Å²) in [5, 5.41) is 4.41. The molecule has 0 aromatic carbocycles. The van der Waals surface area contributed by atoms with Crippen molar-refractivity contribution in [1.82, 2.24) is 0 Å². The van der Waals surface area contributed by atoms with Crippen LogP contribution in [0.15, 0.2) is 15.2 Å². The summed E-state index contributed by atoms with van der Waals surface area (Å²) in [5.74, 6) is 0.722. The summed E-state index contributed by atoms with van der Waals surface area (Å²) in [6.45, 7) is 1.85. The van der Waals surface area contributed by atoms with Crippen LogP contribution in [-0.2, 0) is 4.74 Å². The zero-order valence-corrected chi connectivity index (χ0v) is 9.16. The van der Waals surface area contributed by atoms with Crippen molar-refractivity contribution < 1.29 is 4.74 Å². The molecular weight excluding hydrogens is 236 g/mol. The van der Waals surface area contributed by atoms with Crippen LogP contribution in [-0.4, -0.2) is 13.2 Å². The normalized spacial score (nSPS) is 19.8. The molecule has 0 N–H and O–H groups in total. The van der Waals surface area contributed by atoms with Crippen molar-refractivity contribution in [1.29, 1.82) is 0 Å². The third-order valence-corrected chi connectivity index (χ3v) is 4.06. The number of hydrogen-bond donors (Lipinski definition) is 0. The van der Waals surface area contributed by atoms with Gasteiger partial charge in [0.05, 0.1) is 0 Å². The van der Waals surface area contributed by atoms with Crippen molar-refractivity contribution in [3.63, 3.8) is 0 Å². The Morgan fingerprint density at radius 1 is 1.33 bits per heavy atom. The van der Waals surface area contributed by atoms with Gasteiger partial charge >= 0.3 is 0 Å². The molecule has 2 heterocycles. The number of ether oxygens (including phenoxy) is 1. The summed E-state index contributed by atoms with van der Waals surface area (Å²) in [4.78, 5) is 0. The topological polar surface area (TPSA) is 9.23 Å². The summed E-state index contributed by atoms with van der Waals surface area (Å²) >= 11 is 5.34. The molecule has 2 rings (SSSR count). The third-order valence-electron chi connectivity index (χ3n) is 2.30. The van der Waals surface area contributed by atoms with Crippen LogP contribution in [0.2, 0.25) is 0 Å². The van der Waals surface area contributed by atoms with E-state index in [2.05, 4.69) is 26.7 Å². The molecule has 0 unspecified atom stereocenters. The Hall–Kier alpha value is 0.140. The molecule has 1 nitrogen and oxygen atoms in total. The van der Waals surface area contributed by atoms with Gasteiger partial charge in [0, 0.05) is 23.1 Å². The Balaban J connectivity index is 2.13. The average Bonchev–Trinajstić information content (AvgIpc) is 2.53. The Kier molecular flexibility index (Phi) is 2.84. The molecule has 1 aromatic heterocycles. The van der Waals surface area contributed by atoms with Gasteiger partial charge in [-0.2, -0.15) is 11.3 Å². The van der Waals surface area contributed by atoms with Crippen LogP contribution in [0.4, 0.5) is 0 Å². The van der Waals surface area contributed by atoms with Gasteiger partial charge in [-0.15, -0.1) is 0 Å². The van der Waals surface area contributed by atoms with Crippen molar-refractivity contribution in [3.05, 3.63) is 20.8 Å². The number of thiophene rings is 1. The molecule has 0 amide bonds. The van der Waals surface area contributed by atoms with Crippen molar-refractivity contribution in [2.24, 2.45) is 0 Å². The molecule has 1 aromatic rings. The van der Waals surface area contributed by atoms with E-state index >= 15 is 0 Å². The Labute approximate surface area is 84.9 Å². The zero-order chi connectivity index (χ0) is 8.39. The zero-order valence-electron chi connectivity index (χ0n) is 6.75. The second-order valence-corrected chi connectivity index (χ2v) is 4.66. The smallest absolute Gasteiger partial charge is 0.0471 e. The lowest BCUT2D eigenvalue weighted by molar-refractivity contribution is 0.0853. The van der Waals surface area contributed by atoms with Crippen molar-refractivity contribution in [3.8, 4) is 0 Å². The van der Waals surface area contributed by atoms with Crippen LogP contribution in [0.25, 0.3) is 0 Å². The molecule has 12 heavy (non-hydrogen) atoms. The van der Waals surface area contributed by atoms with Gasteiger partial charge in [-0.3, -0.25) is 0 Å². The van der Waals surface area contributed by atoms with Gasteiger partial charge in [0.25, 0.3) is 0 Å². The van der Waals surface area contributed by atoms with E-state index in [4.69, 9.17) is 4.74 Å². The lowest BCUT2D eigenvalue weighted by Gasteiger charge is -2.21. The first-order valence-electron chi connectivity index (χ1n) is 4.17. The first kappa shape index (κ1) is 8.73. The Bertz CT molecular complexity index is 253. The summed E-state index contributed by atoms with van der Waals surface area (Å²) < 4.78 is 6.60. The lowest BCUT2D eigenvalue weighted by atomic mass is 9.94. The fraction of sp³-hybridized carbons (Fsp3) is 0.556. The minimum absolute atomic E-state index is 0.722. The molecule has 0 aliphatic carbocycles. The quantitative estimate of drug-likeness (QED) is 0.739. The molecule has 0 bridgehead atoms. The van der Waals surface area contributed by atoms with E-state index in [0.29, 0.717) is 0 Å². The molecule has 0 saturated carbocycles. The van der Waals surface area contributed by atoms with Crippen LogP contribution >= 0.6 is 27.3 Å². The van der Waals surface area contributed by atoms with E-state index in [9.17, 15) is 0 Å². The highest BCUT2D eigenvalue weighted by Crippen LogP contribution is 2.34. The van der Waals surface area contributed by atoms with E-state index in [1.807, 2.05) is 0 Å². The second kappa shape index (κ2) is 3.90. The highest BCUT2D eigenvalue weighted by molar-refractivity contribution is 9.10. The van der Waals surface area contributed by atoms with Gasteiger partial charge in [0.15, 0.2) is 0 Å². The minimum Gasteiger partial charge on any atom is -0.381 e. The van der Waals surface area contributed by atoms with Crippen LogP contribution in [0, 0.1) is 0 Å². The van der Waals surface area contributed by atoms with Crippen molar-refractivity contribution in [2.45, 2.75) is 18.8 Å². The highest BCUT2D eigenvalue weighted by Gasteiger charge is 2.18. The minimum atomic E-state index is 0.722. The molecule has 1 fully saturated rings. The highest BCUT2D eigenvalue weighted by atomic mass is 79.9. The summed E-state index contributed by atoms with van der Waals surface area (Å²) in [6, 6.07) is 0. The van der Waals surface area contributed by atoms with Gasteiger partial charge in [-0.25, -0.2) is 0 Å². The van der Waals surface area contributed by atoms with Crippen LogP contribution in [0.3, 0.4) is 0 Å². The van der Waals surface area contributed by atoms with Gasteiger partial charge in [0.2, 0.25) is 0 Å². The molecule has 0 atom stereocenters. The molecule has 0 spiro atoms. The predicted molar refractivity (Wildman–Crippen MR) is 54.8 cm³/mol. The maximum atomic E-state index is 5.33. The van der Waals surface area contributed by atoms with Crippen LogP contribution in [0.5, 0.6) is 0 Å². The fourth-order valence-corrected chi connectivity index (χ4v) is 3.29. The summed E-state index contributed by atoms with van der Waals surface area (Å²) in [7, 11) is 0. The Morgan fingerprint density at radius 3 is 2.67 bits per heavy atom. The van der Waals surface area contributed by atoms with Crippen molar-refractivity contribution >= 4 is 27.3 Å². The largest absolute Gasteiger partial charge is 0.381 e. The molecular formula is C9H11BrOS. The Morgan fingerprint density at radius 2 is 2.08 bits per heavy atom. The average molecular weight is 247 g/mol. The van der Waals surface area contributed by atoms with Gasteiger partial charge in [-0.05, 0) is 45.6 Å². The molecule has 3 heteroatoms. The first-order valence-corrected chi connectivity index (χ1v) is 5.91. The second-order valence-electron chi connectivity index (χ2n) is 3.06. The molecule has 1 aliphatic heterocycles. The molecule has 0 radical (unpaired) electrons. The third kappa shape index (κ3) is 1.73. The lowest BCUT2D eigenvalue weighted by Crippen LogP contribution is -2.13. The predicted octanol–water partition coefficient (Wildman–Crippen LogP) is 3.40. The summed E-state index contributed by atoms with van der Waals surface area (Å²) in [5.41, 5.74) is 1.48. The number of rotatable bonds is 1. The van der Waals surface area contributed by atoms with E-state index in [1.54, 1.807) is 11.3 Å². The maximum absolute atomic E-state index is 5.33. The van der Waals surface area contributed by atoms with Gasteiger partial charge in [0.1, 0.15) is 0 Å². The van der Waals surface area contributed by atoms with Crippen LogP contribution in [0.1, 0.15) is 24.3 Å². The molecule has 1 saturated heterocycles. The van der Waals surface area contributed by atoms with E-state index in [-0.39, 0.29) is 0 Å². The number of halogens is 1. The van der Waals surface area contributed by atoms with Gasteiger partial charge < -0.3 is 4.74 Å². The van der Waals surface area contributed by atoms with E-state index in [0.717, 1.165) is 19.1 Å². The van der Waals surface area contributed by atoms with Crippen molar-refractivity contribution in [2.75, 3.05) is 13.2 Å². The van der Waals surface area contributed by atoms with E-state index in [1.165, 1.54) is 22.9 Å². The summed E-state index contributed by atoms with van der Waals surface area (Å²) in [6.07, 6.45) is 2.35. The number of hydrogen-bond acceptors (Lipinski definition) is 2. The standard InChI is InChI=1S/C9H11BrOS/c10-9-6-12-5-8(9)7-1-3-11-4-2-7/h5-7H,1-4H2. The monoisotopic (exact) mass is 246 g/mol. The maximum Gasteiger partial charge on any atom is 0.0471 e. The van der Waals surface area contributed by atoms with Crippen LogP contribution < -0.4 is 0 Å². The van der Waals surface area contributed by atoms with Gasteiger partial charge in [-0.1, -0.05) is 0 Å². The van der Waals surface area contributed by atoms with E-state index < -0.39 is 0 Å². The molecule has 1 aliphatic rings. The molecule has 66 valence electrons. The SMILES string of the molecule is Brc1cscc1C1CCOCC1.